The van der Waals surface area contributed by atoms with Gasteiger partial charge in [-0.3, -0.25) is 22.9 Å². The molecular weight excluding hydrogens is 362 g/mol. The minimum Gasteiger partial charge on any atom is -0.467 e. The lowest BCUT2D eigenvalue weighted by Crippen LogP contribution is -2.37. The second-order valence-corrected chi connectivity index (χ2v) is 6.61. The SMILES string of the molecule is COC(=O)[C@@H](C)n1c(-c2ccccc2)cn2c3c(=O)n(C)c(=O)n(C)c3nc12. The van der Waals surface area contributed by atoms with Crippen molar-refractivity contribution in [1.29, 1.82) is 0 Å². The Morgan fingerprint density at radius 2 is 1.79 bits per heavy atom. The van der Waals surface area contributed by atoms with Crippen LogP contribution in [0, 0.1) is 0 Å². The fourth-order valence-electron chi connectivity index (χ4n) is 3.47. The Morgan fingerprint density at radius 3 is 2.43 bits per heavy atom. The average Bonchev–Trinajstić information content (AvgIpc) is 3.26. The third-order valence-corrected chi connectivity index (χ3v) is 5.00. The first-order valence-electron chi connectivity index (χ1n) is 8.69. The molecule has 9 heteroatoms. The molecule has 4 rings (SSSR count). The molecule has 4 aromatic rings. The van der Waals surface area contributed by atoms with Crippen LogP contribution in [0.4, 0.5) is 0 Å². The standard InChI is InChI=1S/C19H19N5O4/c1-11(17(26)28-4)24-13(12-8-6-5-7-9-12)10-23-14-15(20-18(23)24)21(2)19(27)22(3)16(14)25/h5-11H,1-4H3/t11-/m1/s1. The van der Waals surface area contributed by atoms with Gasteiger partial charge < -0.3 is 4.74 Å². The highest BCUT2D eigenvalue weighted by Gasteiger charge is 2.26. The number of carbonyl (C=O) groups is 1. The first-order chi connectivity index (χ1) is 13.4. The number of aromatic nitrogens is 5. The highest BCUT2D eigenvalue weighted by molar-refractivity contribution is 5.81. The van der Waals surface area contributed by atoms with Gasteiger partial charge in [0.05, 0.1) is 12.8 Å². The quantitative estimate of drug-likeness (QED) is 0.495. The lowest BCUT2D eigenvalue weighted by atomic mass is 10.1. The number of rotatable bonds is 3. The summed E-state index contributed by atoms with van der Waals surface area (Å²) in [5.74, 6) is -0.0609. The number of methoxy groups -OCH3 is 1. The lowest BCUT2D eigenvalue weighted by Gasteiger charge is -2.15. The fraction of sp³-hybridized carbons (Fsp3) is 0.263. The van der Waals surface area contributed by atoms with Crippen molar-refractivity contribution in [2.24, 2.45) is 14.1 Å². The second kappa shape index (κ2) is 6.22. The minimum atomic E-state index is -0.685. The van der Waals surface area contributed by atoms with Crippen molar-refractivity contribution in [3.8, 4) is 11.3 Å². The molecule has 0 aliphatic rings. The third kappa shape index (κ3) is 2.32. The first-order valence-corrected chi connectivity index (χ1v) is 8.69. The predicted octanol–water partition coefficient (Wildman–Crippen LogP) is 1.09. The van der Waals surface area contributed by atoms with Crippen molar-refractivity contribution in [1.82, 2.24) is 23.1 Å². The number of aryl methyl sites for hydroxylation is 1. The van der Waals surface area contributed by atoms with Gasteiger partial charge in [0.2, 0.25) is 5.78 Å². The molecule has 0 aliphatic heterocycles. The Labute approximate surface area is 159 Å². The van der Waals surface area contributed by atoms with E-state index in [4.69, 9.17) is 4.74 Å². The van der Waals surface area contributed by atoms with Crippen LogP contribution in [-0.2, 0) is 23.6 Å². The van der Waals surface area contributed by atoms with Crippen LogP contribution >= 0.6 is 0 Å². The van der Waals surface area contributed by atoms with Gasteiger partial charge in [-0.05, 0) is 12.5 Å². The highest BCUT2D eigenvalue weighted by Crippen LogP contribution is 2.29. The number of hydrogen-bond donors (Lipinski definition) is 0. The van der Waals surface area contributed by atoms with E-state index in [9.17, 15) is 14.4 Å². The first kappa shape index (κ1) is 17.8. The summed E-state index contributed by atoms with van der Waals surface area (Å²) in [5, 5.41) is 0. The minimum absolute atomic E-state index is 0.258. The number of fused-ring (bicyclic) bond motifs is 3. The van der Waals surface area contributed by atoms with Crippen molar-refractivity contribution in [2.75, 3.05) is 7.11 Å². The molecule has 3 heterocycles. The maximum atomic E-state index is 12.8. The molecule has 0 spiro atoms. The topological polar surface area (TPSA) is 92.5 Å². The molecule has 0 radical (unpaired) electrons. The van der Waals surface area contributed by atoms with Gasteiger partial charge in [-0.2, -0.15) is 4.98 Å². The van der Waals surface area contributed by atoms with Crippen LogP contribution in [0.5, 0.6) is 0 Å². The van der Waals surface area contributed by atoms with Gasteiger partial charge in [0.1, 0.15) is 6.04 Å². The summed E-state index contributed by atoms with van der Waals surface area (Å²) in [7, 11) is 4.31. The monoisotopic (exact) mass is 381 g/mol. The molecule has 0 saturated heterocycles. The van der Waals surface area contributed by atoms with Gasteiger partial charge >= 0.3 is 11.7 Å². The van der Waals surface area contributed by atoms with Crippen LogP contribution in [0.2, 0.25) is 0 Å². The fourth-order valence-corrected chi connectivity index (χ4v) is 3.47. The van der Waals surface area contributed by atoms with E-state index in [1.165, 1.54) is 18.7 Å². The van der Waals surface area contributed by atoms with Crippen LogP contribution in [0.25, 0.3) is 28.2 Å². The zero-order valence-electron chi connectivity index (χ0n) is 15.9. The Hall–Kier alpha value is -3.62. The molecule has 0 bridgehead atoms. The predicted molar refractivity (Wildman–Crippen MR) is 103 cm³/mol. The molecule has 28 heavy (non-hydrogen) atoms. The van der Waals surface area contributed by atoms with E-state index in [2.05, 4.69) is 4.98 Å². The normalized spacial score (nSPS) is 12.6. The van der Waals surface area contributed by atoms with Crippen LogP contribution < -0.4 is 11.2 Å². The molecule has 0 amide bonds. The van der Waals surface area contributed by atoms with Crippen LogP contribution in [0.1, 0.15) is 13.0 Å². The summed E-state index contributed by atoms with van der Waals surface area (Å²) >= 11 is 0. The van der Waals surface area contributed by atoms with Gasteiger partial charge in [0.15, 0.2) is 11.2 Å². The molecule has 0 fully saturated rings. The molecule has 0 saturated carbocycles. The van der Waals surface area contributed by atoms with Gasteiger partial charge in [-0.1, -0.05) is 30.3 Å². The van der Waals surface area contributed by atoms with E-state index >= 15 is 0 Å². The van der Waals surface area contributed by atoms with Gasteiger partial charge in [-0.25, -0.2) is 9.59 Å². The van der Waals surface area contributed by atoms with Gasteiger partial charge in [-0.15, -0.1) is 0 Å². The number of nitrogens with zero attached hydrogens (tertiary/aromatic N) is 5. The molecular formula is C19H19N5O4. The van der Waals surface area contributed by atoms with E-state index in [-0.39, 0.29) is 11.2 Å². The molecule has 0 aliphatic carbocycles. The summed E-state index contributed by atoms with van der Waals surface area (Å²) in [6.45, 7) is 1.70. The number of hydrogen-bond acceptors (Lipinski definition) is 5. The third-order valence-electron chi connectivity index (χ3n) is 5.00. The molecule has 144 valence electrons. The van der Waals surface area contributed by atoms with Crippen molar-refractivity contribution in [2.45, 2.75) is 13.0 Å². The van der Waals surface area contributed by atoms with Crippen molar-refractivity contribution in [3.63, 3.8) is 0 Å². The summed E-state index contributed by atoms with van der Waals surface area (Å²) in [6.07, 6.45) is 1.76. The zero-order valence-corrected chi connectivity index (χ0v) is 15.9. The molecule has 1 aromatic carbocycles. The largest absolute Gasteiger partial charge is 0.467 e. The van der Waals surface area contributed by atoms with E-state index in [1.807, 2.05) is 30.3 Å². The Balaban J connectivity index is 2.18. The highest BCUT2D eigenvalue weighted by atomic mass is 16.5. The van der Waals surface area contributed by atoms with Crippen molar-refractivity contribution < 1.29 is 9.53 Å². The van der Waals surface area contributed by atoms with Gasteiger partial charge in [0, 0.05) is 20.3 Å². The van der Waals surface area contributed by atoms with E-state index in [0.717, 1.165) is 10.1 Å². The number of ether oxygens (including phenoxy) is 1. The number of esters is 1. The average molecular weight is 381 g/mol. The van der Waals surface area contributed by atoms with Crippen LogP contribution in [-0.4, -0.2) is 36.2 Å². The Morgan fingerprint density at radius 1 is 1.11 bits per heavy atom. The molecule has 3 aromatic heterocycles. The maximum Gasteiger partial charge on any atom is 0.332 e. The van der Waals surface area contributed by atoms with Crippen molar-refractivity contribution >= 4 is 22.9 Å². The summed E-state index contributed by atoms with van der Waals surface area (Å²) < 4.78 is 10.6. The van der Waals surface area contributed by atoms with E-state index in [0.29, 0.717) is 11.5 Å². The number of benzene rings is 1. The van der Waals surface area contributed by atoms with E-state index < -0.39 is 23.3 Å². The summed E-state index contributed by atoms with van der Waals surface area (Å²) in [5.41, 5.74) is 1.18. The summed E-state index contributed by atoms with van der Waals surface area (Å²) in [6, 6.07) is 8.80. The Bertz CT molecular complexity index is 1340. The van der Waals surface area contributed by atoms with Crippen LogP contribution in [0.3, 0.4) is 0 Å². The zero-order chi connectivity index (χ0) is 20.2. The number of imidazole rings is 2. The second-order valence-electron chi connectivity index (χ2n) is 6.61. The van der Waals surface area contributed by atoms with E-state index in [1.54, 1.807) is 29.1 Å². The lowest BCUT2D eigenvalue weighted by molar-refractivity contribution is -0.143. The molecule has 0 N–H and O–H groups in total. The molecule has 1 atom stereocenters. The number of carbonyl (C=O) groups excluding carboxylic acids is 1. The Kier molecular flexibility index (Phi) is 3.95. The molecule has 9 nitrogen and oxygen atoms in total. The van der Waals surface area contributed by atoms with Gasteiger partial charge in [0.25, 0.3) is 5.56 Å². The van der Waals surface area contributed by atoms with Crippen molar-refractivity contribution in [3.05, 3.63) is 57.4 Å². The molecule has 0 unspecified atom stereocenters. The summed E-state index contributed by atoms with van der Waals surface area (Å²) in [4.78, 5) is 41.9. The van der Waals surface area contributed by atoms with Crippen LogP contribution in [0.15, 0.2) is 46.1 Å². The smallest absolute Gasteiger partial charge is 0.332 e. The maximum absolute atomic E-state index is 12.8.